The van der Waals surface area contributed by atoms with Crippen LogP contribution in [0.4, 0.5) is 0 Å². The molecule has 0 aromatic heterocycles. The molecule has 0 saturated heterocycles. The van der Waals surface area contributed by atoms with Crippen LogP contribution in [0.15, 0.2) is 0 Å². The minimum Gasteiger partial charge on any atom is -0.466 e. The van der Waals surface area contributed by atoms with Gasteiger partial charge in [0, 0.05) is 12.5 Å². The van der Waals surface area contributed by atoms with E-state index in [-0.39, 0.29) is 18.5 Å². The van der Waals surface area contributed by atoms with Gasteiger partial charge in [-0.1, -0.05) is 0 Å². The van der Waals surface area contributed by atoms with Crippen LogP contribution in [0, 0.1) is 5.92 Å². The lowest BCUT2D eigenvalue weighted by atomic mass is 9.83. The van der Waals surface area contributed by atoms with Crippen LogP contribution >= 0.6 is 0 Å². The molecule has 1 rings (SSSR count). The Labute approximate surface area is 140 Å². The highest BCUT2D eigenvalue weighted by Gasteiger charge is 2.22. The molecule has 5 nitrogen and oxygen atoms in total. The van der Waals surface area contributed by atoms with Crippen LogP contribution in [0.2, 0.25) is 0 Å². The molecule has 1 aliphatic carbocycles. The first kappa shape index (κ1) is 19.9. The smallest absolute Gasteiger partial charge is 0.320 e. The second-order valence-corrected chi connectivity index (χ2v) is 7.38. The Bertz CT molecular complexity index is 368. The van der Waals surface area contributed by atoms with Gasteiger partial charge in [-0.15, -0.1) is 0 Å². The number of carbonyl (C=O) groups is 2. The number of ether oxygens (including phenoxy) is 2. The molecule has 23 heavy (non-hydrogen) atoms. The lowest BCUT2D eigenvalue weighted by Crippen LogP contribution is -2.39. The van der Waals surface area contributed by atoms with E-state index in [9.17, 15) is 9.59 Å². The number of rotatable bonds is 8. The van der Waals surface area contributed by atoms with Gasteiger partial charge in [-0.2, -0.15) is 0 Å². The Morgan fingerprint density at radius 2 is 1.74 bits per heavy atom. The third-order valence-electron chi connectivity index (χ3n) is 4.10. The summed E-state index contributed by atoms with van der Waals surface area (Å²) in [4.78, 5) is 23.0. The molecule has 0 amide bonds. The zero-order chi connectivity index (χ0) is 17.3. The van der Waals surface area contributed by atoms with Gasteiger partial charge in [-0.3, -0.25) is 9.59 Å². The van der Waals surface area contributed by atoms with Gasteiger partial charge in [0.1, 0.15) is 5.60 Å². The van der Waals surface area contributed by atoms with Crippen molar-refractivity contribution in [2.75, 3.05) is 13.2 Å². The molecular formula is C18H33NO4. The van der Waals surface area contributed by atoms with Crippen molar-refractivity contribution in [3.05, 3.63) is 0 Å². The van der Waals surface area contributed by atoms with Gasteiger partial charge < -0.3 is 14.8 Å². The van der Waals surface area contributed by atoms with Crippen LogP contribution in [0.3, 0.4) is 0 Å². The molecule has 5 heteroatoms. The van der Waals surface area contributed by atoms with E-state index in [2.05, 4.69) is 5.32 Å². The lowest BCUT2D eigenvalue weighted by molar-refractivity contribution is -0.153. The number of nitrogens with one attached hydrogen (secondary N) is 1. The molecule has 0 spiro atoms. The van der Waals surface area contributed by atoms with Gasteiger partial charge in [-0.25, -0.2) is 0 Å². The number of carbonyl (C=O) groups excluding carboxylic acids is 2. The van der Waals surface area contributed by atoms with Crippen molar-refractivity contribution >= 4 is 11.9 Å². The Balaban J connectivity index is 2.11. The summed E-state index contributed by atoms with van der Waals surface area (Å²) in [5.41, 5.74) is -0.421. The summed E-state index contributed by atoms with van der Waals surface area (Å²) < 4.78 is 10.2. The predicted molar refractivity (Wildman–Crippen MR) is 90.1 cm³/mol. The van der Waals surface area contributed by atoms with Crippen molar-refractivity contribution in [3.8, 4) is 0 Å². The Morgan fingerprint density at radius 3 is 2.30 bits per heavy atom. The maximum Gasteiger partial charge on any atom is 0.320 e. The van der Waals surface area contributed by atoms with E-state index in [0.717, 1.165) is 38.5 Å². The van der Waals surface area contributed by atoms with Crippen molar-refractivity contribution in [3.63, 3.8) is 0 Å². The van der Waals surface area contributed by atoms with E-state index in [1.807, 2.05) is 27.7 Å². The predicted octanol–water partition coefficient (Wildman–Crippen LogP) is 3.21. The highest BCUT2D eigenvalue weighted by Crippen LogP contribution is 2.28. The molecule has 1 saturated carbocycles. The number of esters is 2. The summed E-state index contributed by atoms with van der Waals surface area (Å²) in [6, 6.07) is 0.406. The topological polar surface area (TPSA) is 64.6 Å². The van der Waals surface area contributed by atoms with Crippen LogP contribution in [0.25, 0.3) is 0 Å². The number of hydrogen-bond donors (Lipinski definition) is 1. The molecule has 0 atom stereocenters. The summed E-state index contributed by atoms with van der Waals surface area (Å²) in [6.07, 6.45) is 7.05. The Hall–Kier alpha value is -1.10. The van der Waals surface area contributed by atoms with Crippen molar-refractivity contribution < 1.29 is 19.1 Å². The molecule has 0 aromatic carbocycles. The fourth-order valence-electron chi connectivity index (χ4n) is 3.03. The highest BCUT2D eigenvalue weighted by molar-refractivity contribution is 5.72. The van der Waals surface area contributed by atoms with Gasteiger partial charge in [0.25, 0.3) is 0 Å². The lowest BCUT2D eigenvalue weighted by Gasteiger charge is -2.29. The second kappa shape index (κ2) is 9.91. The summed E-state index contributed by atoms with van der Waals surface area (Å²) in [5, 5.41) is 3.31. The third kappa shape index (κ3) is 9.59. The van der Waals surface area contributed by atoms with E-state index in [0.29, 0.717) is 25.0 Å². The summed E-state index contributed by atoms with van der Waals surface area (Å²) in [7, 11) is 0. The Kier molecular flexibility index (Phi) is 8.59. The van der Waals surface area contributed by atoms with E-state index in [1.165, 1.54) is 0 Å². The van der Waals surface area contributed by atoms with Crippen LogP contribution < -0.4 is 5.32 Å². The van der Waals surface area contributed by atoms with E-state index in [1.54, 1.807) is 0 Å². The van der Waals surface area contributed by atoms with E-state index < -0.39 is 5.60 Å². The van der Waals surface area contributed by atoms with Crippen LogP contribution in [0.5, 0.6) is 0 Å². The molecule has 0 aliphatic heterocycles. The van der Waals surface area contributed by atoms with Crippen LogP contribution in [-0.4, -0.2) is 36.7 Å². The zero-order valence-corrected chi connectivity index (χ0v) is 15.2. The largest absolute Gasteiger partial charge is 0.466 e. The summed E-state index contributed by atoms with van der Waals surface area (Å²) >= 11 is 0. The van der Waals surface area contributed by atoms with Crippen LogP contribution in [0.1, 0.15) is 72.6 Å². The maximum absolute atomic E-state index is 11.7. The first-order valence-corrected chi connectivity index (χ1v) is 8.91. The van der Waals surface area contributed by atoms with Crippen molar-refractivity contribution in [2.45, 2.75) is 84.3 Å². The minimum atomic E-state index is -0.421. The Morgan fingerprint density at radius 1 is 1.09 bits per heavy atom. The zero-order valence-electron chi connectivity index (χ0n) is 15.2. The fraction of sp³-hybridized carbons (Fsp3) is 0.889. The SMILES string of the molecule is CCOC(=O)CCC[C@H]1CC[C@H](NCC(=O)OC(C)(C)C)CC1. The van der Waals surface area contributed by atoms with Crippen molar-refractivity contribution in [2.24, 2.45) is 5.92 Å². The van der Waals surface area contributed by atoms with Gasteiger partial charge in [0.2, 0.25) is 0 Å². The average molecular weight is 327 g/mol. The number of hydrogen-bond acceptors (Lipinski definition) is 5. The maximum atomic E-state index is 11.7. The van der Waals surface area contributed by atoms with Gasteiger partial charge in [0.15, 0.2) is 0 Å². The monoisotopic (exact) mass is 327 g/mol. The molecular weight excluding hydrogens is 294 g/mol. The molecule has 1 fully saturated rings. The van der Waals surface area contributed by atoms with Crippen molar-refractivity contribution in [1.29, 1.82) is 0 Å². The minimum absolute atomic E-state index is 0.0831. The van der Waals surface area contributed by atoms with Crippen molar-refractivity contribution in [1.82, 2.24) is 5.32 Å². The fourth-order valence-corrected chi connectivity index (χ4v) is 3.03. The summed E-state index contributed by atoms with van der Waals surface area (Å²) in [5.74, 6) is 0.429. The first-order valence-electron chi connectivity index (χ1n) is 8.91. The first-order chi connectivity index (χ1) is 10.8. The molecule has 0 bridgehead atoms. The van der Waals surface area contributed by atoms with Crippen LogP contribution in [-0.2, 0) is 19.1 Å². The van der Waals surface area contributed by atoms with Gasteiger partial charge in [-0.05, 0) is 72.1 Å². The molecule has 1 aliphatic rings. The van der Waals surface area contributed by atoms with Gasteiger partial charge in [0.05, 0.1) is 13.2 Å². The molecule has 0 heterocycles. The summed E-state index contributed by atoms with van der Waals surface area (Å²) in [6.45, 7) is 8.23. The second-order valence-electron chi connectivity index (χ2n) is 7.38. The molecule has 1 N–H and O–H groups in total. The standard InChI is InChI=1S/C18H33NO4/c1-5-22-16(20)8-6-7-14-9-11-15(12-10-14)19-13-17(21)23-18(2,3)4/h14-15,19H,5-13H2,1-4H3/t14-,15-. The quantitative estimate of drug-likeness (QED) is 0.694. The molecule has 0 radical (unpaired) electrons. The normalized spacial score (nSPS) is 21.7. The van der Waals surface area contributed by atoms with E-state index >= 15 is 0 Å². The third-order valence-corrected chi connectivity index (χ3v) is 4.10. The molecule has 134 valence electrons. The molecule has 0 unspecified atom stereocenters. The average Bonchev–Trinajstić information content (AvgIpc) is 2.45. The highest BCUT2D eigenvalue weighted by atomic mass is 16.6. The van der Waals surface area contributed by atoms with E-state index in [4.69, 9.17) is 9.47 Å². The molecule has 0 aromatic rings. The van der Waals surface area contributed by atoms with Gasteiger partial charge >= 0.3 is 11.9 Å².